The molecule has 2 unspecified atom stereocenters. The molecule has 0 radical (unpaired) electrons. The van der Waals surface area contributed by atoms with Crippen molar-refractivity contribution in [1.29, 1.82) is 0 Å². The highest BCUT2D eigenvalue weighted by atomic mass is 16.5. The lowest BCUT2D eigenvalue weighted by Gasteiger charge is -2.32. The maximum Gasteiger partial charge on any atom is 0.407 e. The van der Waals surface area contributed by atoms with Crippen LogP contribution in [0.1, 0.15) is 56.6 Å². The van der Waals surface area contributed by atoms with Gasteiger partial charge >= 0.3 is 12.1 Å². The topological polar surface area (TPSA) is 95.9 Å². The van der Waals surface area contributed by atoms with E-state index in [1.807, 2.05) is 31.2 Å². The maximum absolute atomic E-state index is 12.7. The number of carbonyl (C=O) groups is 3. The first-order chi connectivity index (χ1) is 16.3. The maximum atomic E-state index is 12.7. The van der Waals surface area contributed by atoms with E-state index in [4.69, 9.17) is 4.74 Å². The number of amides is 2. The minimum atomic E-state index is -1.11. The fraction of sp³-hybridized carbons (Fsp3) is 0.444. The van der Waals surface area contributed by atoms with E-state index in [0.717, 1.165) is 0 Å². The molecule has 1 aliphatic carbocycles. The predicted molar refractivity (Wildman–Crippen MR) is 128 cm³/mol. The molecule has 0 saturated carbocycles. The van der Waals surface area contributed by atoms with Gasteiger partial charge in [0, 0.05) is 25.4 Å². The van der Waals surface area contributed by atoms with Crippen LogP contribution in [0.3, 0.4) is 0 Å². The summed E-state index contributed by atoms with van der Waals surface area (Å²) in [4.78, 5) is 38.1. The van der Waals surface area contributed by atoms with Crippen molar-refractivity contribution in [2.45, 2.75) is 51.0 Å². The number of carboxylic acid groups (broad SMARTS) is 1. The number of carbonyl (C=O) groups excluding carboxylic acids is 2. The van der Waals surface area contributed by atoms with Crippen molar-refractivity contribution in [3.63, 3.8) is 0 Å². The van der Waals surface area contributed by atoms with Crippen molar-refractivity contribution >= 4 is 18.0 Å². The van der Waals surface area contributed by atoms with Crippen LogP contribution in [0.25, 0.3) is 11.1 Å². The minimum Gasteiger partial charge on any atom is -0.480 e. The monoisotopic (exact) mass is 464 g/mol. The quantitative estimate of drug-likeness (QED) is 0.603. The summed E-state index contributed by atoms with van der Waals surface area (Å²) in [6, 6.07) is 16.4. The molecule has 34 heavy (non-hydrogen) atoms. The Labute approximate surface area is 200 Å². The lowest BCUT2D eigenvalue weighted by atomic mass is 9.97. The van der Waals surface area contributed by atoms with E-state index in [2.05, 4.69) is 29.6 Å². The Morgan fingerprint density at radius 3 is 2.35 bits per heavy atom. The summed E-state index contributed by atoms with van der Waals surface area (Å²) in [7, 11) is 0. The summed E-state index contributed by atoms with van der Waals surface area (Å²) in [6.45, 7) is 4.68. The molecule has 1 saturated heterocycles. The van der Waals surface area contributed by atoms with Gasteiger partial charge < -0.3 is 20.1 Å². The standard InChI is InChI=1S/C27H32N2O5/c1-18(16-24(30)29-15-7-13-27(29,2)25(31)32)12-14-28-26(33)34-17-23-21-10-5-3-8-19(21)20-9-4-6-11-22(20)23/h3-6,8-11,18,23H,7,12-17H2,1-2H3,(H,28,33)(H,31,32). The molecule has 1 heterocycles. The van der Waals surface area contributed by atoms with E-state index in [1.165, 1.54) is 27.2 Å². The summed E-state index contributed by atoms with van der Waals surface area (Å²) in [6.07, 6.45) is 1.57. The first-order valence-electron chi connectivity index (χ1n) is 11.9. The highest BCUT2D eigenvalue weighted by Crippen LogP contribution is 2.44. The molecular weight excluding hydrogens is 432 g/mol. The smallest absolute Gasteiger partial charge is 0.407 e. The van der Waals surface area contributed by atoms with Crippen molar-refractivity contribution in [2.75, 3.05) is 19.7 Å². The third-order valence-electron chi connectivity index (χ3n) is 7.18. The third-order valence-corrected chi connectivity index (χ3v) is 7.18. The molecule has 0 spiro atoms. The molecule has 2 N–H and O–H groups in total. The summed E-state index contributed by atoms with van der Waals surface area (Å²) in [5, 5.41) is 12.3. The zero-order valence-electron chi connectivity index (χ0n) is 19.8. The van der Waals surface area contributed by atoms with Crippen molar-refractivity contribution in [2.24, 2.45) is 5.92 Å². The number of aliphatic carboxylic acids is 1. The van der Waals surface area contributed by atoms with Gasteiger partial charge in [-0.3, -0.25) is 4.79 Å². The SMILES string of the molecule is CC(CCNC(=O)OCC1c2ccccc2-c2ccccc21)CC(=O)N1CCCC1(C)C(=O)O. The second-order valence-corrected chi connectivity index (χ2v) is 9.58. The number of hydrogen-bond donors (Lipinski definition) is 2. The molecule has 2 aromatic carbocycles. The van der Waals surface area contributed by atoms with Gasteiger partial charge in [-0.25, -0.2) is 9.59 Å². The van der Waals surface area contributed by atoms with Crippen LogP contribution < -0.4 is 5.32 Å². The van der Waals surface area contributed by atoms with Gasteiger partial charge in [0.25, 0.3) is 0 Å². The number of benzene rings is 2. The molecule has 1 aliphatic heterocycles. The van der Waals surface area contributed by atoms with Crippen LogP contribution in [-0.2, 0) is 14.3 Å². The molecule has 2 atom stereocenters. The third kappa shape index (κ3) is 4.65. The van der Waals surface area contributed by atoms with Gasteiger partial charge in [0.05, 0.1) is 0 Å². The first-order valence-corrected chi connectivity index (χ1v) is 11.9. The van der Waals surface area contributed by atoms with Crippen LogP contribution in [0, 0.1) is 5.92 Å². The molecule has 0 bridgehead atoms. The van der Waals surface area contributed by atoms with E-state index < -0.39 is 17.6 Å². The molecule has 1 fully saturated rings. The van der Waals surface area contributed by atoms with E-state index in [0.29, 0.717) is 32.4 Å². The average molecular weight is 465 g/mol. The van der Waals surface area contributed by atoms with Crippen LogP contribution in [0.15, 0.2) is 48.5 Å². The fourth-order valence-corrected chi connectivity index (χ4v) is 5.17. The van der Waals surface area contributed by atoms with Gasteiger partial charge in [-0.2, -0.15) is 0 Å². The highest BCUT2D eigenvalue weighted by Gasteiger charge is 2.45. The second kappa shape index (κ2) is 9.87. The average Bonchev–Trinajstić information content (AvgIpc) is 3.37. The zero-order chi connectivity index (χ0) is 24.3. The lowest BCUT2D eigenvalue weighted by molar-refractivity contribution is -0.155. The summed E-state index contributed by atoms with van der Waals surface area (Å²) < 4.78 is 5.55. The summed E-state index contributed by atoms with van der Waals surface area (Å²) in [5.41, 5.74) is 3.58. The molecule has 2 amide bonds. The molecule has 7 nitrogen and oxygen atoms in total. The van der Waals surface area contributed by atoms with E-state index in [-0.39, 0.29) is 30.8 Å². The van der Waals surface area contributed by atoms with Crippen molar-refractivity contribution in [1.82, 2.24) is 10.2 Å². The van der Waals surface area contributed by atoms with Crippen LogP contribution in [-0.4, -0.2) is 53.2 Å². The van der Waals surface area contributed by atoms with Gasteiger partial charge in [0.15, 0.2) is 0 Å². The number of ether oxygens (including phenoxy) is 1. The fourth-order valence-electron chi connectivity index (χ4n) is 5.17. The largest absolute Gasteiger partial charge is 0.480 e. The molecular formula is C27H32N2O5. The number of alkyl carbamates (subject to hydrolysis) is 1. The van der Waals surface area contributed by atoms with Crippen LogP contribution >= 0.6 is 0 Å². The number of nitrogens with zero attached hydrogens (tertiary/aromatic N) is 1. The van der Waals surface area contributed by atoms with Crippen molar-refractivity contribution < 1.29 is 24.2 Å². The first kappa shape index (κ1) is 23.8. The normalized spacial score (nSPS) is 19.9. The van der Waals surface area contributed by atoms with E-state index >= 15 is 0 Å². The number of fused-ring (bicyclic) bond motifs is 3. The van der Waals surface area contributed by atoms with Gasteiger partial charge in [0.1, 0.15) is 12.1 Å². The number of carboxylic acids is 1. The molecule has 7 heteroatoms. The Morgan fingerprint density at radius 2 is 1.74 bits per heavy atom. The molecule has 180 valence electrons. The number of rotatable bonds is 8. The van der Waals surface area contributed by atoms with Gasteiger partial charge in [0.2, 0.25) is 5.91 Å². The highest BCUT2D eigenvalue weighted by molar-refractivity contribution is 5.87. The van der Waals surface area contributed by atoms with Crippen LogP contribution in [0.5, 0.6) is 0 Å². The molecule has 0 aromatic heterocycles. The van der Waals surface area contributed by atoms with Gasteiger partial charge in [-0.05, 0) is 54.4 Å². The Kier molecular flexibility index (Phi) is 6.91. The molecule has 2 aromatic rings. The number of likely N-dealkylation sites (tertiary alicyclic amines) is 1. The van der Waals surface area contributed by atoms with Crippen molar-refractivity contribution in [3.8, 4) is 11.1 Å². The lowest BCUT2D eigenvalue weighted by Crippen LogP contribution is -2.51. The summed E-state index contributed by atoms with van der Waals surface area (Å²) >= 11 is 0. The Balaban J connectivity index is 1.23. The van der Waals surface area contributed by atoms with Gasteiger partial charge in [-0.15, -0.1) is 0 Å². The predicted octanol–water partition coefficient (Wildman–Crippen LogP) is 4.41. The van der Waals surface area contributed by atoms with Gasteiger partial charge in [-0.1, -0.05) is 55.5 Å². The summed E-state index contributed by atoms with van der Waals surface area (Å²) in [5.74, 6) is -1.07. The Morgan fingerprint density at radius 1 is 1.12 bits per heavy atom. The number of nitrogens with one attached hydrogen (secondary N) is 1. The van der Waals surface area contributed by atoms with E-state index in [9.17, 15) is 19.5 Å². The zero-order valence-corrected chi connectivity index (χ0v) is 19.8. The second-order valence-electron chi connectivity index (χ2n) is 9.58. The number of hydrogen-bond acceptors (Lipinski definition) is 4. The Hall–Kier alpha value is -3.35. The minimum absolute atomic E-state index is 0.0127. The molecule has 2 aliphatic rings. The van der Waals surface area contributed by atoms with E-state index in [1.54, 1.807) is 6.92 Å². The van der Waals surface area contributed by atoms with Crippen molar-refractivity contribution in [3.05, 3.63) is 59.7 Å². The van der Waals surface area contributed by atoms with Crippen LogP contribution in [0.2, 0.25) is 0 Å². The molecule has 4 rings (SSSR count). The Bertz CT molecular complexity index is 1040. The van der Waals surface area contributed by atoms with Crippen LogP contribution in [0.4, 0.5) is 4.79 Å².